The molecule has 0 fully saturated rings. The summed E-state index contributed by atoms with van der Waals surface area (Å²) in [6, 6.07) is 8.62. The highest BCUT2D eigenvalue weighted by Crippen LogP contribution is 2.29. The van der Waals surface area contributed by atoms with Crippen LogP contribution in [0.4, 0.5) is 15.2 Å². The van der Waals surface area contributed by atoms with E-state index in [4.69, 9.17) is 0 Å². The number of benzene rings is 1. The summed E-state index contributed by atoms with van der Waals surface area (Å²) in [5, 5.41) is 18.2. The van der Waals surface area contributed by atoms with Crippen LogP contribution < -0.4 is 5.32 Å². The van der Waals surface area contributed by atoms with Crippen LogP contribution in [0.15, 0.2) is 36.4 Å². The number of fused-ring (bicyclic) bond motifs is 1. The standard InChI is InChI=1S/C16H10FN5O3S2/c1-8-6-13(19-15(23)11-4-5-14(26-11)22(24)25)21(20-8)16-18-10-3-2-9(17)7-12(10)27-16/h2-7H,1H3,(H,19,23). The largest absolute Gasteiger partial charge is 0.324 e. The van der Waals surface area contributed by atoms with E-state index in [1.807, 2.05) is 0 Å². The average molecular weight is 403 g/mol. The molecule has 136 valence electrons. The molecule has 1 amide bonds. The van der Waals surface area contributed by atoms with Crippen molar-refractivity contribution in [2.24, 2.45) is 0 Å². The van der Waals surface area contributed by atoms with E-state index in [0.29, 0.717) is 26.9 Å². The first-order valence-corrected chi connectivity index (χ1v) is 9.23. The molecule has 0 aliphatic carbocycles. The summed E-state index contributed by atoms with van der Waals surface area (Å²) in [5.41, 5.74) is 1.27. The molecular formula is C16H10FN5O3S2. The Morgan fingerprint density at radius 2 is 2.07 bits per heavy atom. The van der Waals surface area contributed by atoms with Gasteiger partial charge in [0.05, 0.1) is 25.7 Å². The summed E-state index contributed by atoms with van der Waals surface area (Å²) in [4.78, 5) is 27.3. The van der Waals surface area contributed by atoms with Crippen molar-refractivity contribution in [2.45, 2.75) is 6.92 Å². The van der Waals surface area contributed by atoms with Crippen molar-refractivity contribution < 1.29 is 14.1 Å². The van der Waals surface area contributed by atoms with Gasteiger partial charge in [-0.25, -0.2) is 9.37 Å². The van der Waals surface area contributed by atoms with E-state index in [9.17, 15) is 19.3 Å². The summed E-state index contributed by atoms with van der Waals surface area (Å²) in [7, 11) is 0. The van der Waals surface area contributed by atoms with Crippen LogP contribution in [-0.2, 0) is 0 Å². The number of amides is 1. The Morgan fingerprint density at radius 3 is 2.81 bits per heavy atom. The van der Waals surface area contributed by atoms with Crippen LogP contribution in [0.3, 0.4) is 0 Å². The van der Waals surface area contributed by atoms with Gasteiger partial charge in [-0.1, -0.05) is 22.7 Å². The van der Waals surface area contributed by atoms with Gasteiger partial charge in [-0.15, -0.1) is 0 Å². The van der Waals surface area contributed by atoms with Gasteiger partial charge in [0.2, 0.25) is 5.13 Å². The van der Waals surface area contributed by atoms with Gasteiger partial charge in [0.25, 0.3) is 5.91 Å². The Kier molecular flexibility index (Phi) is 4.16. The molecule has 1 aromatic carbocycles. The lowest BCUT2D eigenvalue weighted by atomic mass is 10.3. The molecule has 0 atom stereocenters. The summed E-state index contributed by atoms with van der Waals surface area (Å²) in [5.74, 6) is -0.475. The zero-order valence-corrected chi connectivity index (χ0v) is 15.3. The molecule has 0 saturated heterocycles. The van der Waals surface area contributed by atoms with Crippen molar-refractivity contribution in [3.63, 3.8) is 0 Å². The number of thiophene rings is 1. The number of thiazole rings is 1. The monoisotopic (exact) mass is 403 g/mol. The molecule has 11 heteroatoms. The highest BCUT2D eigenvalue weighted by Gasteiger charge is 2.19. The quantitative estimate of drug-likeness (QED) is 0.407. The molecule has 3 heterocycles. The van der Waals surface area contributed by atoms with Crippen LogP contribution in [-0.4, -0.2) is 25.6 Å². The van der Waals surface area contributed by atoms with E-state index in [2.05, 4.69) is 15.4 Å². The lowest BCUT2D eigenvalue weighted by molar-refractivity contribution is -0.380. The van der Waals surface area contributed by atoms with Crippen molar-refractivity contribution in [1.82, 2.24) is 14.8 Å². The van der Waals surface area contributed by atoms with E-state index in [0.717, 1.165) is 11.3 Å². The molecule has 0 radical (unpaired) electrons. The van der Waals surface area contributed by atoms with Gasteiger partial charge in [0.1, 0.15) is 11.6 Å². The van der Waals surface area contributed by atoms with Crippen molar-refractivity contribution >= 4 is 49.6 Å². The SMILES string of the molecule is Cc1cc(NC(=O)c2ccc([N+](=O)[O-])s2)n(-c2nc3ccc(F)cc3s2)n1. The molecule has 0 saturated carbocycles. The van der Waals surface area contributed by atoms with E-state index in [-0.39, 0.29) is 15.7 Å². The molecule has 4 aromatic rings. The first-order valence-electron chi connectivity index (χ1n) is 7.59. The number of aryl methyl sites for hydroxylation is 1. The molecule has 4 rings (SSSR count). The van der Waals surface area contributed by atoms with Crippen LogP contribution in [0, 0.1) is 22.9 Å². The Hall–Kier alpha value is -3.18. The zero-order valence-electron chi connectivity index (χ0n) is 13.7. The number of nitro groups is 1. The molecule has 0 unspecified atom stereocenters. The number of carbonyl (C=O) groups excluding carboxylic acids is 1. The fourth-order valence-corrected chi connectivity index (χ4v) is 4.11. The van der Waals surface area contributed by atoms with E-state index < -0.39 is 10.8 Å². The number of hydrogen-bond acceptors (Lipinski definition) is 7. The summed E-state index contributed by atoms with van der Waals surface area (Å²) in [6.07, 6.45) is 0. The second-order valence-corrected chi connectivity index (χ2v) is 7.61. The Balaban J connectivity index is 1.67. The predicted molar refractivity (Wildman–Crippen MR) is 100 cm³/mol. The minimum absolute atomic E-state index is 0.113. The molecule has 0 bridgehead atoms. The van der Waals surface area contributed by atoms with Gasteiger partial charge < -0.3 is 5.32 Å². The van der Waals surface area contributed by atoms with Gasteiger partial charge in [0, 0.05) is 12.1 Å². The molecule has 1 N–H and O–H groups in total. The molecule has 0 aliphatic heterocycles. The smallest absolute Gasteiger partial charge is 0.306 e. The molecule has 8 nitrogen and oxygen atoms in total. The number of aromatic nitrogens is 3. The number of hydrogen-bond donors (Lipinski definition) is 1. The fourth-order valence-electron chi connectivity index (χ4n) is 2.44. The zero-order chi connectivity index (χ0) is 19.1. The number of halogens is 1. The van der Waals surface area contributed by atoms with Crippen LogP contribution in [0.5, 0.6) is 0 Å². The number of anilines is 1. The third-order valence-corrected chi connectivity index (χ3v) is 5.62. The normalized spacial score (nSPS) is 11.0. The Labute approximate surface area is 159 Å². The minimum atomic E-state index is -0.546. The maximum absolute atomic E-state index is 13.4. The minimum Gasteiger partial charge on any atom is -0.306 e. The molecule has 3 aromatic heterocycles. The van der Waals surface area contributed by atoms with Gasteiger partial charge in [-0.2, -0.15) is 9.78 Å². The number of rotatable bonds is 4. The summed E-state index contributed by atoms with van der Waals surface area (Å²) in [6.45, 7) is 1.76. The van der Waals surface area contributed by atoms with Gasteiger partial charge in [0.15, 0.2) is 0 Å². The van der Waals surface area contributed by atoms with Crippen LogP contribution >= 0.6 is 22.7 Å². The molecule has 0 spiro atoms. The third kappa shape index (κ3) is 3.29. The Morgan fingerprint density at radius 1 is 1.26 bits per heavy atom. The van der Waals surface area contributed by atoms with Crippen LogP contribution in [0.2, 0.25) is 0 Å². The van der Waals surface area contributed by atoms with Crippen LogP contribution in [0.1, 0.15) is 15.4 Å². The highest BCUT2D eigenvalue weighted by atomic mass is 32.1. The molecular weight excluding hydrogens is 393 g/mol. The fraction of sp³-hybridized carbons (Fsp3) is 0.0625. The predicted octanol–water partition coefficient (Wildman–Crippen LogP) is 4.15. The maximum Gasteiger partial charge on any atom is 0.324 e. The number of carbonyl (C=O) groups is 1. The van der Waals surface area contributed by atoms with Crippen molar-refractivity contribution in [2.75, 3.05) is 5.32 Å². The van der Waals surface area contributed by atoms with Gasteiger partial charge in [-0.3, -0.25) is 14.9 Å². The lowest BCUT2D eigenvalue weighted by Crippen LogP contribution is -2.13. The average Bonchev–Trinajstić information content (AvgIpc) is 3.31. The second-order valence-electron chi connectivity index (χ2n) is 5.54. The second kappa shape index (κ2) is 6.52. The Bertz CT molecular complexity index is 1200. The lowest BCUT2D eigenvalue weighted by Gasteiger charge is -2.04. The maximum atomic E-state index is 13.4. The topological polar surface area (TPSA) is 103 Å². The third-order valence-electron chi connectivity index (χ3n) is 3.59. The number of nitrogens with zero attached hydrogens (tertiary/aromatic N) is 4. The first kappa shape index (κ1) is 17.2. The van der Waals surface area contributed by atoms with Crippen molar-refractivity contribution in [1.29, 1.82) is 0 Å². The molecule has 0 aliphatic rings. The van der Waals surface area contributed by atoms with Crippen molar-refractivity contribution in [3.05, 3.63) is 62.9 Å². The van der Waals surface area contributed by atoms with E-state index >= 15 is 0 Å². The summed E-state index contributed by atoms with van der Waals surface area (Å²) < 4.78 is 15.5. The van der Waals surface area contributed by atoms with Crippen molar-refractivity contribution in [3.8, 4) is 5.13 Å². The summed E-state index contributed by atoms with van der Waals surface area (Å²) >= 11 is 2.02. The molecule has 27 heavy (non-hydrogen) atoms. The first-order chi connectivity index (χ1) is 12.9. The van der Waals surface area contributed by atoms with E-state index in [1.165, 1.54) is 40.3 Å². The number of nitrogens with one attached hydrogen (secondary N) is 1. The van der Waals surface area contributed by atoms with Crippen LogP contribution in [0.25, 0.3) is 15.3 Å². The van der Waals surface area contributed by atoms with Gasteiger partial charge >= 0.3 is 5.00 Å². The van der Waals surface area contributed by atoms with E-state index in [1.54, 1.807) is 19.1 Å². The van der Waals surface area contributed by atoms with Gasteiger partial charge in [-0.05, 0) is 31.2 Å². The highest BCUT2D eigenvalue weighted by molar-refractivity contribution is 7.20.